The molecule has 0 unspecified atom stereocenters. The van der Waals surface area contributed by atoms with Crippen molar-refractivity contribution in [1.29, 1.82) is 0 Å². The van der Waals surface area contributed by atoms with Crippen molar-refractivity contribution >= 4 is 16.9 Å². The second-order valence-corrected chi connectivity index (χ2v) is 6.67. The smallest absolute Gasteiger partial charge is 0.289 e. The molecule has 1 amide bonds. The fraction of sp³-hybridized carbons (Fsp3) is 0.526. The average molecular weight is 330 g/mol. The maximum Gasteiger partial charge on any atom is 0.289 e. The largest absolute Gasteiger partial charge is 0.493 e. The zero-order chi connectivity index (χ0) is 17.1. The predicted molar refractivity (Wildman–Crippen MR) is 94.5 cm³/mol. The molecule has 130 valence electrons. The summed E-state index contributed by atoms with van der Waals surface area (Å²) in [5, 5.41) is 4.36. The molecular formula is C19H26N2O3. The van der Waals surface area contributed by atoms with E-state index < -0.39 is 0 Å². The topological polar surface area (TPSA) is 54.7 Å². The minimum Gasteiger partial charge on any atom is -0.493 e. The highest BCUT2D eigenvalue weighted by atomic mass is 16.5. The molecule has 1 aliphatic rings. The van der Waals surface area contributed by atoms with Crippen molar-refractivity contribution in [3.05, 3.63) is 29.5 Å². The molecule has 0 radical (unpaired) electrons. The van der Waals surface area contributed by atoms with Crippen LogP contribution < -0.4 is 10.1 Å². The summed E-state index contributed by atoms with van der Waals surface area (Å²) in [4.78, 5) is 14.6. The SMILES string of the molecule is COc1ccc(CNC(C)C)c2cc(C(=O)N3CCCCC3)oc12. The van der Waals surface area contributed by atoms with Crippen LogP contribution >= 0.6 is 0 Å². The molecule has 1 aromatic heterocycles. The van der Waals surface area contributed by atoms with Crippen molar-refractivity contribution in [2.75, 3.05) is 20.2 Å². The van der Waals surface area contributed by atoms with E-state index in [1.165, 1.54) is 6.42 Å². The van der Waals surface area contributed by atoms with Gasteiger partial charge in [0.05, 0.1) is 7.11 Å². The minimum atomic E-state index is -0.0179. The molecular weight excluding hydrogens is 304 g/mol. The van der Waals surface area contributed by atoms with Crippen LogP contribution in [0.15, 0.2) is 22.6 Å². The van der Waals surface area contributed by atoms with E-state index in [-0.39, 0.29) is 5.91 Å². The summed E-state index contributed by atoms with van der Waals surface area (Å²) in [7, 11) is 1.62. The van der Waals surface area contributed by atoms with E-state index in [1.54, 1.807) is 7.11 Å². The van der Waals surface area contributed by atoms with Crippen molar-refractivity contribution < 1.29 is 13.9 Å². The van der Waals surface area contributed by atoms with Crippen LogP contribution in [0.2, 0.25) is 0 Å². The fourth-order valence-corrected chi connectivity index (χ4v) is 3.14. The van der Waals surface area contributed by atoms with Gasteiger partial charge >= 0.3 is 0 Å². The van der Waals surface area contributed by atoms with E-state index >= 15 is 0 Å². The molecule has 2 heterocycles. The molecule has 1 N–H and O–H groups in total. The van der Waals surface area contributed by atoms with Crippen LogP contribution in [0.25, 0.3) is 11.0 Å². The number of benzene rings is 1. The molecule has 5 nitrogen and oxygen atoms in total. The van der Waals surface area contributed by atoms with Crippen molar-refractivity contribution in [2.24, 2.45) is 0 Å². The number of hydrogen-bond acceptors (Lipinski definition) is 4. The number of piperidine rings is 1. The number of fused-ring (bicyclic) bond motifs is 1. The molecule has 0 bridgehead atoms. The summed E-state index contributed by atoms with van der Waals surface area (Å²) in [6.07, 6.45) is 3.33. The molecule has 0 aliphatic carbocycles. The number of likely N-dealkylation sites (tertiary alicyclic amines) is 1. The van der Waals surface area contributed by atoms with Crippen LogP contribution in [0, 0.1) is 0 Å². The second kappa shape index (κ2) is 7.26. The molecule has 1 fully saturated rings. The highest BCUT2D eigenvalue weighted by Crippen LogP contribution is 2.32. The normalized spacial score (nSPS) is 15.2. The molecule has 24 heavy (non-hydrogen) atoms. The van der Waals surface area contributed by atoms with E-state index in [0.29, 0.717) is 23.1 Å². The van der Waals surface area contributed by atoms with E-state index in [9.17, 15) is 4.79 Å². The van der Waals surface area contributed by atoms with E-state index in [1.807, 2.05) is 23.1 Å². The van der Waals surface area contributed by atoms with Gasteiger partial charge in [-0.15, -0.1) is 0 Å². The summed E-state index contributed by atoms with van der Waals surface area (Å²) in [5.74, 6) is 1.05. The minimum absolute atomic E-state index is 0.0179. The van der Waals surface area contributed by atoms with Crippen molar-refractivity contribution in [2.45, 2.75) is 45.7 Å². The fourth-order valence-electron chi connectivity index (χ4n) is 3.14. The van der Waals surface area contributed by atoms with Crippen LogP contribution in [0.1, 0.15) is 49.2 Å². The third-order valence-electron chi connectivity index (χ3n) is 4.51. The average Bonchev–Trinajstić information content (AvgIpc) is 3.05. The Bertz CT molecular complexity index is 715. The molecule has 0 atom stereocenters. The Labute approximate surface area is 143 Å². The highest BCUT2D eigenvalue weighted by molar-refractivity contribution is 5.98. The van der Waals surface area contributed by atoms with Crippen LogP contribution in [0.3, 0.4) is 0 Å². The zero-order valence-electron chi connectivity index (χ0n) is 14.7. The van der Waals surface area contributed by atoms with Crippen LogP contribution in [-0.4, -0.2) is 37.0 Å². The molecule has 1 aliphatic heterocycles. The van der Waals surface area contributed by atoms with E-state index in [4.69, 9.17) is 9.15 Å². The lowest BCUT2D eigenvalue weighted by molar-refractivity contribution is 0.0694. The quantitative estimate of drug-likeness (QED) is 0.910. The predicted octanol–water partition coefficient (Wildman–Crippen LogP) is 3.57. The molecule has 3 rings (SSSR count). The first-order valence-electron chi connectivity index (χ1n) is 8.72. The third-order valence-corrected chi connectivity index (χ3v) is 4.51. The van der Waals surface area contributed by atoms with Crippen molar-refractivity contribution in [1.82, 2.24) is 10.2 Å². The molecule has 1 aromatic carbocycles. The lowest BCUT2D eigenvalue weighted by Gasteiger charge is -2.25. The lowest BCUT2D eigenvalue weighted by atomic mass is 10.1. The number of ether oxygens (including phenoxy) is 1. The van der Waals surface area contributed by atoms with Gasteiger partial charge in [0.1, 0.15) is 0 Å². The van der Waals surface area contributed by atoms with Crippen molar-refractivity contribution in [3.8, 4) is 5.75 Å². The summed E-state index contributed by atoms with van der Waals surface area (Å²) in [6.45, 7) is 6.58. The van der Waals surface area contributed by atoms with Crippen molar-refractivity contribution in [3.63, 3.8) is 0 Å². The Kier molecular flexibility index (Phi) is 5.09. The third kappa shape index (κ3) is 3.41. The summed E-state index contributed by atoms with van der Waals surface area (Å²) < 4.78 is 11.3. The van der Waals surface area contributed by atoms with E-state index in [2.05, 4.69) is 19.2 Å². The molecule has 5 heteroatoms. The Morgan fingerprint density at radius 3 is 2.71 bits per heavy atom. The Morgan fingerprint density at radius 1 is 1.29 bits per heavy atom. The van der Waals surface area contributed by atoms with Gasteiger partial charge in [0.2, 0.25) is 0 Å². The first-order chi connectivity index (χ1) is 11.6. The molecule has 2 aromatic rings. The Morgan fingerprint density at radius 2 is 2.04 bits per heavy atom. The van der Waals surface area contributed by atoms with Gasteiger partial charge in [-0.25, -0.2) is 0 Å². The number of nitrogens with zero attached hydrogens (tertiary/aromatic N) is 1. The van der Waals surface area contributed by atoms with Crippen LogP contribution in [0.4, 0.5) is 0 Å². The zero-order valence-corrected chi connectivity index (χ0v) is 14.7. The van der Waals surface area contributed by atoms with Gasteiger partial charge in [-0.05, 0) is 37.0 Å². The highest BCUT2D eigenvalue weighted by Gasteiger charge is 2.23. The molecule has 0 saturated carbocycles. The number of nitrogens with one attached hydrogen (secondary N) is 1. The van der Waals surface area contributed by atoms with Crippen LogP contribution in [-0.2, 0) is 6.54 Å². The number of carbonyl (C=O) groups is 1. The van der Waals surface area contributed by atoms with Gasteiger partial charge in [-0.2, -0.15) is 0 Å². The Hall–Kier alpha value is -2.01. The first kappa shape index (κ1) is 16.8. The number of carbonyl (C=O) groups excluding carboxylic acids is 1. The van der Waals surface area contributed by atoms with Gasteiger partial charge in [0.15, 0.2) is 17.1 Å². The van der Waals surface area contributed by atoms with Gasteiger partial charge in [-0.3, -0.25) is 4.79 Å². The van der Waals surface area contributed by atoms with Gasteiger partial charge in [0, 0.05) is 31.1 Å². The summed E-state index contributed by atoms with van der Waals surface area (Å²) in [5.41, 5.74) is 1.77. The first-order valence-corrected chi connectivity index (χ1v) is 8.72. The van der Waals surface area contributed by atoms with Crippen LogP contribution in [0.5, 0.6) is 5.75 Å². The number of methoxy groups -OCH3 is 1. The van der Waals surface area contributed by atoms with Gasteiger partial charge < -0.3 is 19.4 Å². The van der Waals surface area contributed by atoms with E-state index in [0.717, 1.165) is 43.4 Å². The number of amides is 1. The standard InChI is InChI=1S/C19H26N2O3/c1-13(2)20-12-14-7-8-16(23-3)18-15(14)11-17(24-18)19(22)21-9-5-4-6-10-21/h7-8,11,13,20H,4-6,9-10,12H2,1-3H3. The number of furan rings is 1. The summed E-state index contributed by atoms with van der Waals surface area (Å²) in [6, 6.07) is 6.19. The Balaban J connectivity index is 1.95. The van der Waals surface area contributed by atoms with Gasteiger partial charge in [-0.1, -0.05) is 19.9 Å². The lowest BCUT2D eigenvalue weighted by Crippen LogP contribution is -2.35. The number of hydrogen-bond donors (Lipinski definition) is 1. The molecule has 0 spiro atoms. The maximum atomic E-state index is 12.7. The molecule has 1 saturated heterocycles. The monoisotopic (exact) mass is 330 g/mol. The second-order valence-electron chi connectivity index (χ2n) is 6.67. The number of rotatable bonds is 5. The summed E-state index contributed by atoms with van der Waals surface area (Å²) >= 11 is 0. The maximum absolute atomic E-state index is 12.7. The van der Waals surface area contributed by atoms with Gasteiger partial charge in [0.25, 0.3) is 5.91 Å².